The highest BCUT2D eigenvalue weighted by Crippen LogP contribution is 2.32. The maximum atomic E-state index is 13.1. The molecule has 1 fully saturated rings. The number of rotatable bonds is 2. The van der Waals surface area contributed by atoms with Crippen LogP contribution in [0.3, 0.4) is 0 Å². The van der Waals surface area contributed by atoms with Gasteiger partial charge in [-0.2, -0.15) is 5.26 Å². The first-order chi connectivity index (χ1) is 12.6. The molecular weight excluding hydrogens is 330 g/mol. The van der Waals surface area contributed by atoms with Crippen molar-refractivity contribution in [2.45, 2.75) is 6.04 Å². The second kappa shape index (κ2) is 6.01. The van der Waals surface area contributed by atoms with Crippen LogP contribution in [0.1, 0.15) is 0 Å². The summed E-state index contributed by atoms with van der Waals surface area (Å²) in [5, 5.41) is 11.3. The van der Waals surface area contributed by atoms with E-state index in [1.807, 2.05) is 24.3 Å². The van der Waals surface area contributed by atoms with Gasteiger partial charge >= 0.3 is 6.03 Å². The molecule has 1 aromatic carbocycles. The molecule has 3 aromatic rings. The summed E-state index contributed by atoms with van der Waals surface area (Å²) in [6, 6.07) is 11.9. The van der Waals surface area contributed by atoms with E-state index in [0.29, 0.717) is 11.4 Å². The van der Waals surface area contributed by atoms with Gasteiger partial charge in [-0.15, -0.1) is 0 Å². The summed E-state index contributed by atoms with van der Waals surface area (Å²) < 4.78 is 1.43. The second-order valence-electron chi connectivity index (χ2n) is 6.12. The first-order valence-electron chi connectivity index (χ1n) is 8.10. The normalized spacial score (nSPS) is 16.9. The number of hydrogen-bond donors (Lipinski definition) is 0. The van der Waals surface area contributed by atoms with Gasteiger partial charge in [0.2, 0.25) is 0 Å². The minimum Gasteiger partial charge on any atom is -0.318 e. The van der Waals surface area contributed by atoms with Crippen LogP contribution in [-0.4, -0.2) is 28.2 Å². The maximum absolute atomic E-state index is 13.1. The Balaban J connectivity index is 1.81. The largest absolute Gasteiger partial charge is 0.330 e. The molecule has 4 rings (SSSR count). The monoisotopic (exact) mass is 345 g/mol. The number of hydrogen-bond acceptors (Lipinski definition) is 4. The molecule has 1 atom stereocenters. The number of pyridine rings is 2. The van der Waals surface area contributed by atoms with Crippen molar-refractivity contribution in [2.24, 2.45) is 7.05 Å². The SMILES string of the molecule is Cn1ccc(N2C[C@@H](C#N)N(c3cncc4ccccc34)C2=O)cc1=O. The van der Waals surface area contributed by atoms with E-state index in [-0.39, 0.29) is 18.1 Å². The molecule has 1 aliphatic heterocycles. The van der Waals surface area contributed by atoms with Crippen LogP contribution < -0.4 is 15.4 Å². The van der Waals surface area contributed by atoms with Crippen LogP contribution in [0.15, 0.2) is 59.8 Å². The van der Waals surface area contributed by atoms with Gasteiger partial charge in [0, 0.05) is 36.3 Å². The van der Waals surface area contributed by atoms with Crippen molar-refractivity contribution in [3.05, 3.63) is 65.3 Å². The summed E-state index contributed by atoms with van der Waals surface area (Å²) >= 11 is 0. The summed E-state index contributed by atoms with van der Waals surface area (Å²) in [5.41, 5.74) is 0.856. The van der Waals surface area contributed by atoms with Crippen LogP contribution >= 0.6 is 0 Å². The molecule has 0 spiro atoms. The molecule has 0 radical (unpaired) electrons. The molecule has 1 saturated heterocycles. The van der Waals surface area contributed by atoms with E-state index < -0.39 is 6.04 Å². The number of amides is 2. The van der Waals surface area contributed by atoms with E-state index >= 15 is 0 Å². The quantitative estimate of drug-likeness (QED) is 0.713. The molecule has 0 aliphatic carbocycles. The zero-order valence-electron chi connectivity index (χ0n) is 14.0. The number of fused-ring (bicyclic) bond motifs is 1. The number of benzene rings is 1. The summed E-state index contributed by atoms with van der Waals surface area (Å²) in [4.78, 5) is 32.1. The van der Waals surface area contributed by atoms with Gasteiger partial charge in [-0.1, -0.05) is 24.3 Å². The predicted molar refractivity (Wildman–Crippen MR) is 98.0 cm³/mol. The van der Waals surface area contributed by atoms with Crippen LogP contribution in [0.25, 0.3) is 10.8 Å². The van der Waals surface area contributed by atoms with Gasteiger partial charge in [-0.3, -0.25) is 19.6 Å². The molecule has 3 heterocycles. The molecule has 7 nitrogen and oxygen atoms in total. The fourth-order valence-electron chi connectivity index (χ4n) is 3.18. The number of carbonyl (C=O) groups excluding carboxylic acids is 1. The average molecular weight is 345 g/mol. The standard InChI is InChI=1S/C19H15N5O2/c1-22-7-6-14(8-18(22)25)23-12-15(9-20)24(19(23)26)17-11-21-10-13-4-2-3-5-16(13)17/h2-8,10-11,15H,12H2,1H3/t15-/m1/s1. The Hall–Kier alpha value is -3.66. The number of nitrogens with zero attached hydrogens (tertiary/aromatic N) is 5. The summed E-state index contributed by atoms with van der Waals surface area (Å²) in [6.45, 7) is 0.186. The molecule has 26 heavy (non-hydrogen) atoms. The Labute approximate surface area is 149 Å². The minimum absolute atomic E-state index is 0.186. The van der Waals surface area contributed by atoms with Gasteiger partial charge in [-0.05, 0) is 6.07 Å². The molecule has 7 heteroatoms. The highest BCUT2D eigenvalue weighted by atomic mass is 16.2. The highest BCUT2D eigenvalue weighted by Gasteiger charge is 2.40. The van der Waals surface area contributed by atoms with Crippen molar-refractivity contribution in [1.29, 1.82) is 5.26 Å². The third kappa shape index (κ3) is 2.40. The van der Waals surface area contributed by atoms with E-state index in [4.69, 9.17) is 0 Å². The summed E-state index contributed by atoms with van der Waals surface area (Å²) in [5.74, 6) is 0. The minimum atomic E-state index is -0.667. The lowest BCUT2D eigenvalue weighted by molar-refractivity contribution is 0.255. The van der Waals surface area contributed by atoms with Crippen molar-refractivity contribution in [3.63, 3.8) is 0 Å². The summed E-state index contributed by atoms with van der Waals surface area (Å²) in [7, 11) is 1.64. The van der Waals surface area contributed by atoms with Crippen molar-refractivity contribution in [2.75, 3.05) is 16.3 Å². The van der Waals surface area contributed by atoms with Gasteiger partial charge < -0.3 is 4.57 Å². The lowest BCUT2D eigenvalue weighted by atomic mass is 10.1. The van der Waals surface area contributed by atoms with Crippen LogP contribution in [0.5, 0.6) is 0 Å². The molecule has 0 saturated carbocycles. The van der Waals surface area contributed by atoms with Gasteiger partial charge in [-0.25, -0.2) is 4.79 Å². The lowest BCUT2D eigenvalue weighted by Gasteiger charge is -2.21. The smallest absolute Gasteiger partial charge is 0.318 e. The lowest BCUT2D eigenvalue weighted by Crippen LogP contribution is -2.35. The van der Waals surface area contributed by atoms with E-state index in [0.717, 1.165) is 10.8 Å². The Kier molecular flexibility index (Phi) is 3.66. The number of nitriles is 1. The molecule has 2 aromatic heterocycles. The molecule has 0 N–H and O–H groups in total. The molecular formula is C19H15N5O2. The van der Waals surface area contributed by atoms with Crippen LogP contribution in [-0.2, 0) is 7.05 Å². The van der Waals surface area contributed by atoms with E-state index in [1.165, 1.54) is 20.4 Å². The maximum Gasteiger partial charge on any atom is 0.330 e. The van der Waals surface area contributed by atoms with Gasteiger partial charge in [0.05, 0.1) is 30.2 Å². The van der Waals surface area contributed by atoms with Crippen molar-refractivity contribution >= 4 is 28.2 Å². The van der Waals surface area contributed by atoms with Crippen LogP contribution in [0.2, 0.25) is 0 Å². The number of aryl methyl sites for hydroxylation is 1. The zero-order chi connectivity index (χ0) is 18.3. The van der Waals surface area contributed by atoms with E-state index in [2.05, 4.69) is 11.1 Å². The van der Waals surface area contributed by atoms with Crippen molar-refractivity contribution in [1.82, 2.24) is 9.55 Å². The first-order valence-corrected chi connectivity index (χ1v) is 8.10. The molecule has 128 valence electrons. The van der Waals surface area contributed by atoms with E-state index in [1.54, 1.807) is 31.7 Å². The highest BCUT2D eigenvalue weighted by molar-refractivity contribution is 6.11. The van der Waals surface area contributed by atoms with E-state index in [9.17, 15) is 14.9 Å². The number of carbonyl (C=O) groups is 1. The predicted octanol–water partition coefficient (Wildman–Crippen LogP) is 2.27. The fourth-order valence-corrected chi connectivity index (χ4v) is 3.18. The number of anilines is 2. The van der Waals surface area contributed by atoms with Gasteiger partial charge in [0.15, 0.2) is 0 Å². The Morgan fingerprint density at radius 1 is 1.19 bits per heavy atom. The van der Waals surface area contributed by atoms with Crippen LogP contribution in [0.4, 0.5) is 16.2 Å². The van der Waals surface area contributed by atoms with Crippen molar-refractivity contribution in [3.8, 4) is 6.07 Å². The fraction of sp³-hybridized carbons (Fsp3) is 0.158. The zero-order valence-corrected chi connectivity index (χ0v) is 14.0. The van der Waals surface area contributed by atoms with Crippen LogP contribution in [0, 0.1) is 11.3 Å². The van der Waals surface area contributed by atoms with Gasteiger partial charge in [0.1, 0.15) is 6.04 Å². The van der Waals surface area contributed by atoms with Crippen molar-refractivity contribution < 1.29 is 4.79 Å². The average Bonchev–Trinajstić information content (AvgIpc) is 3.00. The second-order valence-corrected chi connectivity index (χ2v) is 6.12. The molecule has 0 bridgehead atoms. The first kappa shape index (κ1) is 15.8. The third-order valence-corrected chi connectivity index (χ3v) is 4.56. The number of urea groups is 1. The molecule has 1 aliphatic rings. The Morgan fingerprint density at radius 3 is 2.77 bits per heavy atom. The third-order valence-electron chi connectivity index (χ3n) is 4.56. The topological polar surface area (TPSA) is 82.2 Å². The summed E-state index contributed by atoms with van der Waals surface area (Å²) in [6.07, 6.45) is 4.92. The van der Waals surface area contributed by atoms with Gasteiger partial charge in [0.25, 0.3) is 5.56 Å². The molecule has 2 amide bonds. The molecule has 0 unspecified atom stereocenters. The Bertz CT molecular complexity index is 1110. The Morgan fingerprint density at radius 2 is 2.00 bits per heavy atom. The number of aromatic nitrogens is 2.